The second-order valence-corrected chi connectivity index (χ2v) is 8.57. The highest BCUT2D eigenvalue weighted by atomic mass is 32.1. The number of halogens is 2. The molecule has 0 radical (unpaired) electrons. The van der Waals surface area contributed by atoms with Crippen LogP contribution in [0.5, 0.6) is 0 Å². The van der Waals surface area contributed by atoms with Gasteiger partial charge >= 0.3 is 0 Å². The van der Waals surface area contributed by atoms with E-state index >= 15 is 4.39 Å². The second-order valence-electron chi connectivity index (χ2n) is 7.49. The minimum absolute atomic E-state index is 0.212. The molecule has 1 aromatic carbocycles. The first-order valence-electron chi connectivity index (χ1n) is 10.2. The Morgan fingerprint density at radius 2 is 1.97 bits per heavy atom. The Morgan fingerprint density at radius 3 is 2.63 bits per heavy atom. The zero-order valence-electron chi connectivity index (χ0n) is 18.5. The quantitative estimate of drug-likeness (QED) is 0.229. The van der Waals surface area contributed by atoms with E-state index in [0.717, 1.165) is 39.9 Å². The largest absolute Gasteiger partial charge is 0.364 e. The molecule has 178 valence electrons. The van der Waals surface area contributed by atoms with E-state index < -0.39 is 34.8 Å². The highest BCUT2D eigenvalue weighted by Gasteiger charge is 2.21. The van der Waals surface area contributed by atoms with E-state index in [1.807, 2.05) is 0 Å². The minimum Gasteiger partial charge on any atom is -0.364 e. The first-order valence-corrected chi connectivity index (χ1v) is 11.0. The van der Waals surface area contributed by atoms with Crippen LogP contribution in [0.3, 0.4) is 0 Å². The summed E-state index contributed by atoms with van der Waals surface area (Å²) in [5.41, 5.74) is 5.01. The third-order valence-corrected chi connectivity index (χ3v) is 6.15. The van der Waals surface area contributed by atoms with E-state index in [9.17, 15) is 14.0 Å². The molecule has 3 heterocycles. The maximum atomic E-state index is 15.2. The topological polar surface area (TPSA) is 139 Å². The number of nitrogens with two attached hydrogens (primary N) is 1. The Morgan fingerprint density at radius 1 is 1.20 bits per heavy atom. The maximum absolute atomic E-state index is 15.2. The summed E-state index contributed by atoms with van der Waals surface area (Å²) in [6, 6.07) is 8.61. The van der Waals surface area contributed by atoms with Gasteiger partial charge < -0.3 is 21.8 Å². The van der Waals surface area contributed by atoms with Crippen LogP contribution in [0.4, 0.5) is 20.3 Å². The van der Waals surface area contributed by atoms with Gasteiger partial charge in [-0.15, -0.1) is 11.3 Å². The SMILES string of the molecule is Cc1cc(N/C(=C/C(=N)c2ccc(F)c(NC(=O)c3cc4ncccc4s3)c2F)C(N)=O)nn1C. The number of aromatic nitrogens is 3. The number of hydrogen-bond acceptors (Lipinski definition) is 7. The number of anilines is 2. The lowest BCUT2D eigenvalue weighted by Gasteiger charge is -2.11. The van der Waals surface area contributed by atoms with Crippen molar-refractivity contribution in [3.63, 3.8) is 0 Å². The minimum atomic E-state index is -1.17. The number of hydrogen-bond donors (Lipinski definition) is 4. The van der Waals surface area contributed by atoms with Crippen LogP contribution in [-0.4, -0.2) is 32.3 Å². The van der Waals surface area contributed by atoms with Crippen LogP contribution in [0, 0.1) is 24.0 Å². The summed E-state index contributed by atoms with van der Waals surface area (Å²) in [7, 11) is 1.70. The number of pyridine rings is 1. The molecule has 0 fully saturated rings. The fourth-order valence-corrected chi connectivity index (χ4v) is 4.10. The van der Waals surface area contributed by atoms with Crippen molar-refractivity contribution in [3.8, 4) is 0 Å². The van der Waals surface area contributed by atoms with Crippen molar-refractivity contribution in [1.82, 2.24) is 14.8 Å². The van der Waals surface area contributed by atoms with Crippen molar-refractivity contribution >= 4 is 50.6 Å². The first-order chi connectivity index (χ1) is 16.6. The number of amides is 2. The van der Waals surface area contributed by atoms with Crippen LogP contribution in [0.15, 0.2) is 54.4 Å². The number of primary amides is 1. The van der Waals surface area contributed by atoms with Crippen molar-refractivity contribution in [1.29, 1.82) is 5.41 Å². The number of fused-ring (bicyclic) bond motifs is 1. The fourth-order valence-electron chi connectivity index (χ4n) is 3.18. The van der Waals surface area contributed by atoms with Gasteiger partial charge in [-0.1, -0.05) is 0 Å². The van der Waals surface area contributed by atoms with Crippen molar-refractivity contribution in [2.45, 2.75) is 6.92 Å². The lowest BCUT2D eigenvalue weighted by molar-refractivity contribution is -0.114. The molecule has 5 N–H and O–H groups in total. The van der Waals surface area contributed by atoms with Crippen LogP contribution in [0.2, 0.25) is 0 Å². The molecular formula is C23H19F2N7O2S. The second kappa shape index (κ2) is 9.43. The summed E-state index contributed by atoms with van der Waals surface area (Å²) in [6.45, 7) is 1.80. The van der Waals surface area contributed by atoms with Crippen LogP contribution in [-0.2, 0) is 11.8 Å². The molecule has 4 rings (SSSR count). The van der Waals surface area contributed by atoms with E-state index in [1.54, 1.807) is 43.0 Å². The lowest BCUT2D eigenvalue weighted by Crippen LogP contribution is -2.22. The van der Waals surface area contributed by atoms with Gasteiger partial charge in [-0.05, 0) is 43.3 Å². The number of nitrogens with one attached hydrogen (secondary N) is 3. The number of carbonyl (C=O) groups is 2. The number of thiophene rings is 1. The molecule has 0 atom stereocenters. The summed E-state index contributed by atoms with van der Waals surface area (Å²) in [6.07, 6.45) is 2.58. The van der Waals surface area contributed by atoms with Crippen LogP contribution in [0.1, 0.15) is 20.9 Å². The first kappa shape index (κ1) is 23.7. The van der Waals surface area contributed by atoms with Crippen molar-refractivity contribution < 1.29 is 18.4 Å². The summed E-state index contributed by atoms with van der Waals surface area (Å²) in [5, 5.41) is 17.3. The van der Waals surface area contributed by atoms with Crippen molar-refractivity contribution in [3.05, 3.63) is 82.1 Å². The number of aryl methyl sites for hydroxylation is 2. The van der Waals surface area contributed by atoms with Gasteiger partial charge in [0.05, 0.1) is 20.8 Å². The molecule has 0 aliphatic carbocycles. The van der Waals surface area contributed by atoms with Crippen molar-refractivity contribution in [2.75, 3.05) is 10.6 Å². The predicted molar refractivity (Wildman–Crippen MR) is 130 cm³/mol. The summed E-state index contributed by atoms with van der Waals surface area (Å²) in [5.74, 6) is -3.53. The average molecular weight is 496 g/mol. The molecule has 0 bridgehead atoms. The van der Waals surface area contributed by atoms with E-state index in [1.165, 1.54) is 6.07 Å². The lowest BCUT2D eigenvalue weighted by atomic mass is 10.1. The number of nitrogens with zero attached hydrogens (tertiary/aromatic N) is 3. The van der Waals surface area contributed by atoms with Gasteiger partial charge in [-0.3, -0.25) is 19.3 Å². The predicted octanol–water partition coefficient (Wildman–Crippen LogP) is 3.72. The van der Waals surface area contributed by atoms with Gasteiger partial charge in [-0.25, -0.2) is 8.78 Å². The standard InChI is InChI=1S/C23H19F2N7O2S/c1-11-8-19(31-32(11)2)29-16(22(27)33)9-14(26)12-5-6-13(24)21(20(12)25)30-23(34)18-10-15-17(35-18)4-3-7-28-15/h3-10,26H,1-2H3,(H2,27,33)(H,29,31)(H,30,34)/b16-9+,26-14?. The molecule has 2 amide bonds. The Labute approximate surface area is 201 Å². The number of carbonyl (C=O) groups excluding carboxylic acids is 2. The molecule has 35 heavy (non-hydrogen) atoms. The molecule has 0 saturated heterocycles. The molecule has 3 aromatic heterocycles. The van der Waals surface area contributed by atoms with Gasteiger partial charge in [0.15, 0.2) is 11.6 Å². The number of allylic oxidation sites excluding steroid dienone is 1. The zero-order chi connectivity index (χ0) is 25.3. The molecule has 0 aliphatic rings. The molecule has 4 aromatic rings. The Bertz CT molecular complexity index is 1470. The van der Waals surface area contributed by atoms with Crippen LogP contribution >= 0.6 is 11.3 Å². The maximum Gasteiger partial charge on any atom is 0.265 e. The smallest absolute Gasteiger partial charge is 0.265 e. The van der Waals surface area contributed by atoms with Gasteiger partial charge in [0.25, 0.3) is 11.8 Å². The molecule has 0 aliphatic heterocycles. The molecule has 0 spiro atoms. The van der Waals surface area contributed by atoms with Gasteiger partial charge in [0.1, 0.15) is 17.2 Å². The summed E-state index contributed by atoms with van der Waals surface area (Å²) in [4.78, 5) is 28.9. The third-order valence-electron chi connectivity index (χ3n) is 5.06. The van der Waals surface area contributed by atoms with Crippen LogP contribution in [0.25, 0.3) is 10.2 Å². The molecule has 9 nitrogen and oxygen atoms in total. The van der Waals surface area contributed by atoms with Gasteiger partial charge in [0, 0.05) is 30.6 Å². The normalized spacial score (nSPS) is 11.5. The van der Waals surface area contributed by atoms with E-state index in [-0.39, 0.29) is 16.1 Å². The van der Waals surface area contributed by atoms with Gasteiger partial charge in [-0.2, -0.15) is 5.10 Å². The highest BCUT2D eigenvalue weighted by Crippen LogP contribution is 2.27. The number of benzene rings is 1. The molecule has 0 unspecified atom stereocenters. The average Bonchev–Trinajstić information content (AvgIpc) is 3.38. The summed E-state index contributed by atoms with van der Waals surface area (Å²) >= 11 is 1.12. The highest BCUT2D eigenvalue weighted by molar-refractivity contribution is 7.20. The van der Waals surface area contributed by atoms with Crippen LogP contribution < -0.4 is 16.4 Å². The van der Waals surface area contributed by atoms with E-state index in [0.29, 0.717) is 11.3 Å². The monoisotopic (exact) mass is 495 g/mol. The zero-order valence-corrected chi connectivity index (χ0v) is 19.3. The third kappa shape index (κ3) is 4.92. The molecular weight excluding hydrogens is 476 g/mol. The van der Waals surface area contributed by atoms with Gasteiger partial charge in [0.2, 0.25) is 0 Å². The summed E-state index contributed by atoms with van der Waals surface area (Å²) < 4.78 is 32.0. The molecule has 12 heteroatoms. The van der Waals surface area contributed by atoms with E-state index in [2.05, 4.69) is 20.7 Å². The Balaban J connectivity index is 1.62. The van der Waals surface area contributed by atoms with E-state index in [4.69, 9.17) is 11.1 Å². The fraction of sp³-hybridized carbons (Fsp3) is 0.0870. The Hall–Kier alpha value is -4.45. The number of rotatable bonds is 7. The Kier molecular flexibility index (Phi) is 6.38. The molecule has 0 saturated carbocycles. The van der Waals surface area contributed by atoms with Crippen molar-refractivity contribution in [2.24, 2.45) is 12.8 Å².